The molecule has 7 heteroatoms. The number of aryl methyl sites for hydroxylation is 19. The summed E-state index contributed by atoms with van der Waals surface area (Å²) in [6.07, 6.45) is 6.18. The lowest BCUT2D eigenvalue weighted by atomic mass is 9.87. The van der Waals surface area contributed by atoms with E-state index in [0.29, 0.717) is 44.5 Å². The molecule has 4 aromatic heterocycles. The fourth-order valence-corrected chi connectivity index (χ4v) is 19.2. The summed E-state index contributed by atoms with van der Waals surface area (Å²) in [7, 11) is 2.94. The Bertz CT molecular complexity index is 5790. The predicted molar refractivity (Wildman–Crippen MR) is 477 cm³/mol. The third kappa shape index (κ3) is 20.1. The average Bonchev–Trinajstić information content (AvgIpc) is 0.744. The zero-order chi connectivity index (χ0) is 93.9. The van der Waals surface area contributed by atoms with Gasteiger partial charge in [-0.1, -0.05) is 228 Å². The average molecular weight is 1500 g/mol. The van der Waals surface area contributed by atoms with Crippen molar-refractivity contribution in [3.8, 4) is 89.5 Å². The highest BCUT2D eigenvalue weighted by Crippen LogP contribution is 2.37. The second-order valence-electron chi connectivity index (χ2n) is 34.2. The topological polar surface area (TPSA) is 15.5 Å². The van der Waals surface area contributed by atoms with E-state index in [-0.39, 0.29) is 0 Å². The zero-order valence-electron chi connectivity index (χ0n) is 86.3. The first-order valence-corrected chi connectivity index (χ1v) is 48.2. The third-order valence-electron chi connectivity index (χ3n) is 20.3. The van der Waals surface area contributed by atoms with Crippen molar-refractivity contribution in [1.82, 2.24) is 0 Å². The molecule has 0 unspecified atom stereocenters. The monoisotopic (exact) mass is 1500 g/mol. The second kappa shape index (κ2) is 33.5. The van der Waals surface area contributed by atoms with Crippen LogP contribution in [0.4, 0.5) is 0 Å². The molecular formula is C101H128N4Si3+4. The van der Waals surface area contributed by atoms with Crippen molar-refractivity contribution < 1.29 is 41.6 Å². The lowest BCUT2D eigenvalue weighted by Gasteiger charge is -2.25. The molecule has 12 rings (SSSR count). The van der Waals surface area contributed by atoms with E-state index in [1.165, 1.54) is 38.2 Å². The van der Waals surface area contributed by atoms with E-state index in [0.717, 1.165) is 111 Å². The van der Waals surface area contributed by atoms with Crippen LogP contribution in [0.1, 0.15) is 133 Å². The van der Waals surface area contributed by atoms with Crippen LogP contribution in [0.25, 0.3) is 89.5 Å². The molecule has 0 saturated heterocycles. The maximum Gasteiger partial charge on any atom is 0.212 e. The second-order valence-corrected chi connectivity index (χ2v) is 49.3. The molecule has 0 N–H and O–H groups in total. The molecule has 0 saturated carbocycles. The Labute approximate surface area is 680 Å². The van der Waals surface area contributed by atoms with Crippen LogP contribution in [-0.4, -0.2) is 24.2 Å². The smallest absolute Gasteiger partial charge is 0.201 e. The van der Waals surface area contributed by atoms with Gasteiger partial charge in [-0.05, 0) is 246 Å². The van der Waals surface area contributed by atoms with Crippen molar-refractivity contribution in [3.63, 3.8) is 0 Å². The number of nitrogens with zero attached hydrogens (tertiary/aromatic N) is 4. The minimum absolute atomic E-state index is 0.310. The summed E-state index contributed by atoms with van der Waals surface area (Å²) >= 11 is 0. The van der Waals surface area contributed by atoms with Crippen LogP contribution in [0.5, 0.6) is 0 Å². The van der Waals surface area contributed by atoms with E-state index in [1.807, 2.05) is 197 Å². The highest BCUT2D eigenvalue weighted by molar-refractivity contribution is 6.90. The Hall–Kier alpha value is -8.99. The van der Waals surface area contributed by atoms with E-state index >= 15 is 0 Å². The minimum atomic E-state index is -2.25. The van der Waals surface area contributed by atoms with Gasteiger partial charge in [-0.3, -0.25) is 0 Å². The van der Waals surface area contributed by atoms with E-state index in [9.17, 15) is 0 Å². The van der Waals surface area contributed by atoms with Gasteiger partial charge in [-0.15, -0.1) is 0 Å². The largest absolute Gasteiger partial charge is 0.212 e. The molecule has 0 aliphatic heterocycles. The molecular weight excluding hydrogens is 1350 g/mol. The lowest BCUT2D eigenvalue weighted by molar-refractivity contribution is -0.660. The first-order chi connectivity index (χ1) is 57.2. The summed E-state index contributed by atoms with van der Waals surface area (Å²) in [5.74, 6) is 0. The van der Waals surface area contributed by atoms with Gasteiger partial charge < -0.3 is 0 Å². The van der Waals surface area contributed by atoms with Crippen LogP contribution in [0.2, 0.25) is 58.9 Å². The SMILES string of the molecule is [2H]C([2H])([2H])c1c[n+](C)c(-c2cc(-c3ccc(C)cc3)c(C([2H])([2H])[2H])cc2C)cc1C.[2H]C([2H])([2H])c1cc(C)c(-c2cc(C([2H])([2H])C(C)(C)C)c([Si](C)(C)C)c[n+]2C)cc1-c1ccc(C)cc1.[2H]C([2H])([2H])c1cc(C)c(-c2cc(C)c([Si](C)(C)C)c[n+]2C)cc1-c1ccc(C)cc1.[2H]C([2H])([2H])c1ccc(-c2cc(-c3ccc(C)cc3)c([Si](C)(C)C)cc2C)[n+](C)c1. The summed E-state index contributed by atoms with van der Waals surface area (Å²) in [6, 6.07) is 58.2. The molecule has 0 radical (unpaired) electrons. The Morgan fingerprint density at radius 3 is 0.944 bits per heavy atom. The molecule has 108 heavy (non-hydrogen) atoms. The minimum Gasteiger partial charge on any atom is -0.201 e. The number of rotatable bonds is 12. The zero-order valence-corrected chi connectivity index (χ0v) is 72.3. The number of pyridine rings is 4. The van der Waals surface area contributed by atoms with E-state index in [1.54, 1.807) is 42.1 Å². The Morgan fingerprint density at radius 1 is 0.269 bits per heavy atom. The van der Waals surface area contributed by atoms with E-state index in [2.05, 4.69) is 157 Å². The molecule has 0 fully saturated rings. The van der Waals surface area contributed by atoms with Crippen molar-refractivity contribution in [2.24, 2.45) is 33.6 Å². The van der Waals surface area contributed by atoms with Crippen molar-refractivity contribution in [1.29, 1.82) is 0 Å². The van der Waals surface area contributed by atoms with E-state index in [4.69, 9.17) is 23.3 Å². The maximum atomic E-state index is 9.14. The van der Waals surface area contributed by atoms with Gasteiger partial charge in [0.1, 0.15) is 28.2 Å². The van der Waals surface area contributed by atoms with Gasteiger partial charge in [0.2, 0.25) is 22.8 Å². The van der Waals surface area contributed by atoms with Crippen molar-refractivity contribution in [3.05, 3.63) is 290 Å². The fraction of sp³-hybridized carbons (Fsp3) is 0.327. The van der Waals surface area contributed by atoms with Crippen molar-refractivity contribution in [2.45, 2.75) is 190 Å². The van der Waals surface area contributed by atoms with Gasteiger partial charge in [0, 0.05) is 91.3 Å². The van der Waals surface area contributed by atoms with Crippen molar-refractivity contribution >= 4 is 39.8 Å². The van der Waals surface area contributed by atoms with Gasteiger partial charge in [0.25, 0.3) is 0 Å². The number of hydrogen-bond acceptors (Lipinski definition) is 0. The van der Waals surface area contributed by atoms with Gasteiger partial charge in [0.15, 0.2) is 24.8 Å². The molecule has 4 nitrogen and oxygen atoms in total. The fourth-order valence-electron chi connectivity index (χ4n) is 14.2. The number of benzene rings is 8. The molecule has 0 atom stereocenters. The molecule has 0 amide bonds. The highest BCUT2D eigenvalue weighted by atomic mass is 28.3. The molecule has 0 aliphatic carbocycles. The molecule has 8 aromatic carbocycles. The van der Waals surface area contributed by atoms with Crippen molar-refractivity contribution in [2.75, 3.05) is 0 Å². The Morgan fingerprint density at radius 2 is 0.583 bits per heavy atom. The molecule has 4 heterocycles. The molecule has 0 aliphatic rings. The van der Waals surface area contributed by atoms with Gasteiger partial charge in [-0.25, -0.2) is 18.3 Å². The van der Waals surface area contributed by atoms with Crippen LogP contribution in [-0.2, 0) is 34.6 Å². The van der Waals surface area contributed by atoms with Gasteiger partial charge in [-0.2, -0.15) is 0 Å². The normalized spacial score (nSPS) is 14.7. The maximum absolute atomic E-state index is 9.14. The van der Waals surface area contributed by atoms with Crippen LogP contribution in [0, 0.1) is 109 Å². The van der Waals surface area contributed by atoms with Crippen LogP contribution in [0.15, 0.2) is 201 Å². The number of aromatic nitrogens is 4. The molecule has 560 valence electrons. The molecule has 0 bridgehead atoms. The summed E-state index contributed by atoms with van der Waals surface area (Å²) in [5.41, 5.74) is 27.5. The van der Waals surface area contributed by atoms with Crippen LogP contribution < -0.4 is 33.8 Å². The molecule has 0 spiro atoms. The van der Waals surface area contributed by atoms with Crippen LogP contribution >= 0.6 is 0 Å². The van der Waals surface area contributed by atoms with E-state index < -0.39 is 70.3 Å². The third-order valence-corrected chi connectivity index (χ3v) is 26.5. The van der Waals surface area contributed by atoms with Crippen LogP contribution in [0.3, 0.4) is 0 Å². The summed E-state index contributed by atoms with van der Waals surface area (Å²) < 4.78 is 145. The highest BCUT2D eigenvalue weighted by Gasteiger charge is 2.31. The van der Waals surface area contributed by atoms with Gasteiger partial charge >= 0.3 is 0 Å². The summed E-state index contributed by atoms with van der Waals surface area (Å²) in [6.45, 7) is 36.0. The lowest BCUT2D eigenvalue weighted by Crippen LogP contribution is -2.47. The quantitative estimate of drug-likeness (QED) is 0.0856. The summed E-state index contributed by atoms with van der Waals surface area (Å²) in [5, 5.41) is 4.00. The molecule has 12 aromatic rings. The summed E-state index contributed by atoms with van der Waals surface area (Å²) in [4.78, 5) is 0. The first kappa shape index (κ1) is 61.8. The first-order valence-electron chi connectivity index (χ1n) is 46.2. The predicted octanol–water partition coefficient (Wildman–Crippen LogP) is 23.2. The Balaban J connectivity index is 0.000000189. The Kier molecular flexibility index (Phi) is 19.2. The van der Waals surface area contributed by atoms with Gasteiger partial charge in [0.05, 0.1) is 24.2 Å². The standard InChI is InChI=1S/C29H40NSi.C25H32NSi.C24H30NSi.C23H26N/c1-20-11-13-23(14-12-20)25-17-26(22(3)15-21(25)2)27-16-24(18-29(4,5)6)28(19-30(27)7)31(8,9)10;1-17-9-11-21(12-10-17)22-15-23(19(3)13-18(22)2)24-14-20(4)25(16-26(24)5)27(6,7)8;1-17-8-11-20(12-9-17)22-15-21(19(3)14-24(22)26(5,6)7)23-13-10-18(2)16-25(23)4;1-15-7-9-20(10-8-15)21-13-22(18(4)11-17(21)3)23-12-16(2)19(5)14-24(23)6/h11-17,19H,18H2,1-10H3;9-16H,1-8H3;8-16H,1-7H3;7-14H,1-6H3/q4*+1/i2D3,18D2;2*2D3;3D3,5D3. The number of hydrogen-bond donors (Lipinski definition) is 0.